The highest BCUT2D eigenvalue weighted by Crippen LogP contribution is 2.16. The van der Waals surface area contributed by atoms with Crippen LogP contribution in [0.25, 0.3) is 0 Å². The van der Waals surface area contributed by atoms with Crippen molar-refractivity contribution in [3.05, 3.63) is 48.1 Å². The second-order valence-electron chi connectivity index (χ2n) is 3.32. The molecule has 80 valence electrons. The first-order chi connectivity index (χ1) is 7.22. The number of ether oxygens (including phenoxy) is 1. The smallest absolute Gasteiger partial charge is 0.120 e. The van der Waals surface area contributed by atoms with E-state index in [1.807, 2.05) is 32.1 Å². The molecule has 15 heavy (non-hydrogen) atoms. The van der Waals surface area contributed by atoms with Crippen molar-refractivity contribution in [3.63, 3.8) is 0 Å². The minimum atomic E-state index is 0.253. The zero-order valence-electron chi connectivity index (χ0n) is 9.10. The number of phenolic OH excluding ortho intramolecular Hbond substituents is 1. The van der Waals surface area contributed by atoms with Gasteiger partial charge in [-0.05, 0) is 43.7 Å². The summed E-state index contributed by atoms with van der Waals surface area (Å²) in [6, 6.07) is 6.72. The highest BCUT2D eigenvalue weighted by molar-refractivity contribution is 5.30. The molecule has 0 amide bonds. The van der Waals surface area contributed by atoms with Crippen molar-refractivity contribution in [2.45, 2.75) is 13.8 Å². The molecule has 0 aliphatic carbocycles. The maximum atomic E-state index is 9.07. The summed E-state index contributed by atoms with van der Waals surface area (Å²) in [5.41, 5.74) is 1.15. The number of rotatable bonds is 4. The molecule has 0 radical (unpaired) electrons. The Hall–Kier alpha value is -1.70. The first-order valence-electron chi connectivity index (χ1n) is 4.92. The molecule has 1 aromatic rings. The van der Waals surface area contributed by atoms with Crippen LogP contribution in [0, 0.1) is 0 Å². The molecule has 1 N–H and O–H groups in total. The summed E-state index contributed by atoms with van der Waals surface area (Å²) in [4.78, 5) is 0. The van der Waals surface area contributed by atoms with Gasteiger partial charge in [0.2, 0.25) is 0 Å². The van der Waals surface area contributed by atoms with Crippen LogP contribution < -0.4 is 4.74 Å². The minimum Gasteiger partial charge on any atom is -0.508 e. The Kier molecular flexibility index (Phi) is 4.48. The van der Waals surface area contributed by atoms with E-state index >= 15 is 0 Å². The fraction of sp³-hybridized carbons (Fsp3) is 0.231. The van der Waals surface area contributed by atoms with E-state index in [1.165, 1.54) is 0 Å². The van der Waals surface area contributed by atoms with Crippen LogP contribution in [0.15, 0.2) is 48.1 Å². The van der Waals surface area contributed by atoms with Crippen LogP contribution in [0.3, 0.4) is 0 Å². The normalized spacial score (nSPS) is 12.0. The number of phenols is 1. The Bertz CT molecular complexity index is 347. The van der Waals surface area contributed by atoms with E-state index in [9.17, 15) is 0 Å². The summed E-state index contributed by atoms with van der Waals surface area (Å²) in [5.74, 6) is 1.02. The maximum Gasteiger partial charge on any atom is 0.120 e. The van der Waals surface area contributed by atoms with Crippen LogP contribution in [-0.4, -0.2) is 11.7 Å². The van der Waals surface area contributed by atoms with Crippen LogP contribution in [0.2, 0.25) is 0 Å². The maximum absolute atomic E-state index is 9.07. The van der Waals surface area contributed by atoms with Crippen LogP contribution in [0.1, 0.15) is 13.8 Å². The summed E-state index contributed by atoms with van der Waals surface area (Å²) in [6.07, 6.45) is 5.97. The lowest BCUT2D eigenvalue weighted by atomic mass is 10.3. The summed E-state index contributed by atoms with van der Waals surface area (Å²) in [5, 5.41) is 9.07. The van der Waals surface area contributed by atoms with E-state index in [0.29, 0.717) is 6.61 Å². The van der Waals surface area contributed by atoms with Crippen molar-refractivity contribution in [2.24, 2.45) is 0 Å². The molecule has 0 aliphatic heterocycles. The van der Waals surface area contributed by atoms with E-state index in [1.54, 1.807) is 24.3 Å². The Morgan fingerprint density at radius 2 is 2.00 bits per heavy atom. The molecule has 0 atom stereocenters. The topological polar surface area (TPSA) is 29.5 Å². The Labute approximate surface area is 90.5 Å². The predicted molar refractivity (Wildman–Crippen MR) is 62.2 cm³/mol. The van der Waals surface area contributed by atoms with E-state index in [0.717, 1.165) is 11.3 Å². The van der Waals surface area contributed by atoms with Gasteiger partial charge < -0.3 is 9.84 Å². The summed E-state index contributed by atoms with van der Waals surface area (Å²) < 4.78 is 5.51. The molecule has 2 heteroatoms. The molecular formula is C13H16O2. The summed E-state index contributed by atoms with van der Waals surface area (Å²) in [7, 11) is 0. The first kappa shape index (κ1) is 11.4. The number of allylic oxidation sites excluding steroid dienone is 3. The highest BCUT2D eigenvalue weighted by Gasteiger charge is 1.94. The van der Waals surface area contributed by atoms with Gasteiger partial charge in [0, 0.05) is 0 Å². The molecule has 0 aromatic heterocycles. The summed E-state index contributed by atoms with van der Waals surface area (Å²) in [6.45, 7) is 4.56. The van der Waals surface area contributed by atoms with Gasteiger partial charge in [-0.15, -0.1) is 0 Å². The van der Waals surface area contributed by atoms with Crippen molar-refractivity contribution in [2.75, 3.05) is 6.61 Å². The minimum absolute atomic E-state index is 0.253. The fourth-order valence-corrected chi connectivity index (χ4v) is 1.05. The third-order valence-electron chi connectivity index (χ3n) is 1.88. The van der Waals surface area contributed by atoms with Crippen molar-refractivity contribution < 1.29 is 9.84 Å². The molecule has 0 unspecified atom stereocenters. The Morgan fingerprint density at radius 1 is 1.33 bits per heavy atom. The number of benzene rings is 1. The van der Waals surface area contributed by atoms with Gasteiger partial charge in [0.05, 0.1) is 0 Å². The van der Waals surface area contributed by atoms with Gasteiger partial charge in [0.1, 0.15) is 18.1 Å². The molecule has 0 fully saturated rings. The monoisotopic (exact) mass is 204 g/mol. The second kappa shape index (κ2) is 5.91. The van der Waals surface area contributed by atoms with Crippen molar-refractivity contribution in [1.82, 2.24) is 0 Å². The van der Waals surface area contributed by atoms with Crippen LogP contribution in [-0.2, 0) is 0 Å². The van der Waals surface area contributed by atoms with Gasteiger partial charge in [-0.1, -0.05) is 18.2 Å². The number of hydrogen-bond donors (Lipinski definition) is 1. The predicted octanol–water partition coefficient (Wildman–Crippen LogP) is 3.29. The highest BCUT2D eigenvalue weighted by atomic mass is 16.5. The zero-order valence-corrected chi connectivity index (χ0v) is 9.10. The molecule has 1 aromatic carbocycles. The first-order valence-corrected chi connectivity index (χ1v) is 4.92. The molecule has 1 rings (SSSR count). The SMILES string of the molecule is C/C=C\C=C(/C)COc1ccc(O)cc1. The third kappa shape index (κ3) is 4.36. The molecular weight excluding hydrogens is 188 g/mol. The Morgan fingerprint density at radius 3 is 2.60 bits per heavy atom. The third-order valence-corrected chi connectivity index (χ3v) is 1.88. The van der Waals surface area contributed by atoms with Crippen LogP contribution in [0.4, 0.5) is 0 Å². The molecule has 0 saturated carbocycles. The van der Waals surface area contributed by atoms with Gasteiger partial charge in [-0.25, -0.2) is 0 Å². The number of aromatic hydroxyl groups is 1. The van der Waals surface area contributed by atoms with Gasteiger partial charge in [0.25, 0.3) is 0 Å². The van der Waals surface area contributed by atoms with Crippen molar-refractivity contribution in [1.29, 1.82) is 0 Å². The molecule has 0 aliphatic rings. The zero-order chi connectivity index (χ0) is 11.1. The van der Waals surface area contributed by atoms with Gasteiger partial charge in [-0.3, -0.25) is 0 Å². The second-order valence-corrected chi connectivity index (χ2v) is 3.32. The van der Waals surface area contributed by atoms with E-state index in [4.69, 9.17) is 9.84 Å². The molecule has 0 saturated heterocycles. The largest absolute Gasteiger partial charge is 0.508 e. The molecule has 0 heterocycles. The van der Waals surface area contributed by atoms with E-state index in [-0.39, 0.29) is 5.75 Å². The average Bonchev–Trinajstić information content (AvgIpc) is 2.25. The lowest BCUT2D eigenvalue weighted by molar-refractivity contribution is 0.351. The fourth-order valence-electron chi connectivity index (χ4n) is 1.05. The van der Waals surface area contributed by atoms with Gasteiger partial charge >= 0.3 is 0 Å². The number of hydrogen-bond acceptors (Lipinski definition) is 2. The lowest BCUT2D eigenvalue weighted by Crippen LogP contribution is -1.97. The average molecular weight is 204 g/mol. The van der Waals surface area contributed by atoms with E-state index in [2.05, 4.69) is 0 Å². The van der Waals surface area contributed by atoms with Gasteiger partial charge in [-0.2, -0.15) is 0 Å². The quantitative estimate of drug-likeness (QED) is 0.762. The lowest BCUT2D eigenvalue weighted by Gasteiger charge is -2.05. The molecule has 0 bridgehead atoms. The Balaban J connectivity index is 2.46. The van der Waals surface area contributed by atoms with Crippen molar-refractivity contribution in [3.8, 4) is 11.5 Å². The van der Waals surface area contributed by atoms with E-state index < -0.39 is 0 Å². The van der Waals surface area contributed by atoms with Gasteiger partial charge in [0.15, 0.2) is 0 Å². The molecule has 0 spiro atoms. The molecule has 2 nitrogen and oxygen atoms in total. The summed E-state index contributed by atoms with van der Waals surface area (Å²) >= 11 is 0. The van der Waals surface area contributed by atoms with Crippen LogP contribution >= 0.6 is 0 Å². The standard InChI is InChI=1S/C13H16O2/c1-3-4-5-11(2)10-15-13-8-6-12(14)7-9-13/h3-9,14H,10H2,1-2H3/b4-3-,11-5+. The van der Waals surface area contributed by atoms with Crippen molar-refractivity contribution >= 4 is 0 Å². The van der Waals surface area contributed by atoms with Crippen LogP contribution in [0.5, 0.6) is 11.5 Å².